The zero-order valence-electron chi connectivity index (χ0n) is 6.29. The topological polar surface area (TPSA) is 40.5 Å². The molecule has 1 heterocycles. The molecule has 3 heteroatoms. The minimum Gasteiger partial charge on any atom is -0.480 e. The van der Waals surface area contributed by atoms with E-state index in [9.17, 15) is 4.79 Å². The van der Waals surface area contributed by atoms with Crippen molar-refractivity contribution in [2.24, 2.45) is 0 Å². The molecule has 0 radical (unpaired) electrons. The van der Waals surface area contributed by atoms with Crippen molar-refractivity contribution in [3.8, 4) is 12.3 Å². The lowest BCUT2D eigenvalue weighted by Gasteiger charge is -2.17. The molecule has 0 aromatic rings. The molecule has 1 N–H and O–H groups in total. The van der Waals surface area contributed by atoms with Gasteiger partial charge in [0.2, 0.25) is 0 Å². The van der Waals surface area contributed by atoms with Gasteiger partial charge in [0, 0.05) is 6.54 Å². The maximum atomic E-state index is 10.6. The summed E-state index contributed by atoms with van der Waals surface area (Å²) in [6, 6.07) is -0.342. The molecule has 60 valence electrons. The number of nitrogens with zero attached hydrogens (tertiary/aromatic N) is 1. The summed E-state index contributed by atoms with van der Waals surface area (Å²) in [7, 11) is 0. The van der Waals surface area contributed by atoms with Gasteiger partial charge in [0.1, 0.15) is 6.04 Å². The second-order valence-electron chi connectivity index (χ2n) is 2.67. The van der Waals surface area contributed by atoms with Crippen LogP contribution < -0.4 is 0 Å². The van der Waals surface area contributed by atoms with E-state index in [-0.39, 0.29) is 6.04 Å². The minimum absolute atomic E-state index is 0.342. The average molecular weight is 153 g/mol. The summed E-state index contributed by atoms with van der Waals surface area (Å²) < 4.78 is 0. The molecule has 0 aromatic carbocycles. The summed E-state index contributed by atoms with van der Waals surface area (Å²) in [4.78, 5) is 12.4. The summed E-state index contributed by atoms with van der Waals surface area (Å²) in [5.74, 6) is 1.71. The number of carbonyl (C=O) groups is 1. The zero-order valence-corrected chi connectivity index (χ0v) is 6.29. The highest BCUT2D eigenvalue weighted by molar-refractivity contribution is 5.73. The van der Waals surface area contributed by atoms with Crippen molar-refractivity contribution >= 4 is 5.97 Å². The van der Waals surface area contributed by atoms with Gasteiger partial charge >= 0.3 is 5.97 Å². The van der Waals surface area contributed by atoms with Crippen LogP contribution in [0, 0.1) is 12.3 Å². The summed E-state index contributed by atoms with van der Waals surface area (Å²) >= 11 is 0. The molecule has 0 aliphatic carbocycles. The molecule has 3 nitrogen and oxygen atoms in total. The summed E-state index contributed by atoms with van der Waals surface area (Å²) in [6.45, 7) is 1.28. The van der Waals surface area contributed by atoms with Crippen LogP contribution in [0.2, 0.25) is 0 Å². The third kappa shape index (κ3) is 1.72. The van der Waals surface area contributed by atoms with Crippen LogP contribution in [0.25, 0.3) is 0 Å². The Morgan fingerprint density at radius 3 is 3.09 bits per heavy atom. The van der Waals surface area contributed by atoms with Gasteiger partial charge < -0.3 is 5.11 Å². The van der Waals surface area contributed by atoms with Crippen molar-refractivity contribution in [3.05, 3.63) is 0 Å². The zero-order chi connectivity index (χ0) is 8.27. The van der Waals surface area contributed by atoms with Crippen LogP contribution in [0.4, 0.5) is 0 Å². The highest BCUT2D eigenvalue weighted by atomic mass is 16.4. The van der Waals surface area contributed by atoms with E-state index >= 15 is 0 Å². The van der Waals surface area contributed by atoms with Gasteiger partial charge in [0.15, 0.2) is 0 Å². The monoisotopic (exact) mass is 153 g/mol. The molecule has 0 saturated carbocycles. The lowest BCUT2D eigenvalue weighted by molar-refractivity contribution is -0.141. The fourth-order valence-electron chi connectivity index (χ4n) is 1.41. The molecule has 0 spiro atoms. The Labute approximate surface area is 66.0 Å². The Morgan fingerprint density at radius 2 is 2.55 bits per heavy atom. The van der Waals surface area contributed by atoms with Gasteiger partial charge in [-0.1, -0.05) is 5.92 Å². The van der Waals surface area contributed by atoms with E-state index in [1.165, 1.54) is 0 Å². The van der Waals surface area contributed by atoms with Gasteiger partial charge in [-0.2, -0.15) is 0 Å². The Balaban J connectivity index is 2.52. The van der Waals surface area contributed by atoms with E-state index in [2.05, 4.69) is 5.92 Å². The van der Waals surface area contributed by atoms with Crippen molar-refractivity contribution in [2.75, 3.05) is 13.1 Å². The highest BCUT2D eigenvalue weighted by Crippen LogP contribution is 2.15. The number of carboxylic acid groups (broad SMARTS) is 1. The standard InChI is InChI=1S/C8H11NO2/c1-2-5-9-6-3-4-7(9)8(10)11/h1,7H,3-6H2,(H,10,11)/t7-/m1/s1. The van der Waals surface area contributed by atoms with Crippen LogP contribution in [-0.4, -0.2) is 35.1 Å². The van der Waals surface area contributed by atoms with Crippen molar-refractivity contribution in [1.82, 2.24) is 4.90 Å². The third-order valence-electron chi connectivity index (χ3n) is 1.94. The Hall–Kier alpha value is -1.01. The number of hydrogen-bond donors (Lipinski definition) is 1. The highest BCUT2D eigenvalue weighted by Gasteiger charge is 2.29. The van der Waals surface area contributed by atoms with Crippen LogP contribution in [-0.2, 0) is 4.79 Å². The van der Waals surface area contributed by atoms with Crippen LogP contribution >= 0.6 is 0 Å². The summed E-state index contributed by atoms with van der Waals surface area (Å²) in [5, 5.41) is 8.70. The second kappa shape index (κ2) is 3.40. The van der Waals surface area contributed by atoms with Gasteiger partial charge in [0.25, 0.3) is 0 Å². The number of hydrogen-bond acceptors (Lipinski definition) is 2. The van der Waals surface area contributed by atoms with Crippen molar-refractivity contribution < 1.29 is 9.90 Å². The predicted octanol–water partition coefficient (Wildman–Crippen LogP) is 0.169. The van der Waals surface area contributed by atoms with Crippen LogP contribution in [0.5, 0.6) is 0 Å². The largest absolute Gasteiger partial charge is 0.480 e. The molecule has 11 heavy (non-hydrogen) atoms. The molecule has 0 bridgehead atoms. The minimum atomic E-state index is -0.752. The molecule has 0 amide bonds. The molecule has 1 fully saturated rings. The fraction of sp³-hybridized carbons (Fsp3) is 0.625. The SMILES string of the molecule is C#CCN1CCC[C@@H]1C(=O)O. The third-order valence-corrected chi connectivity index (χ3v) is 1.94. The van der Waals surface area contributed by atoms with E-state index in [4.69, 9.17) is 11.5 Å². The number of likely N-dealkylation sites (tertiary alicyclic amines) is 1. The average Bonchev–Trinajstić information content (AvgIpc) is 2.36. The van der Waals surface area contributed by atoms with Crippen LogP contribution in [0.15, 0.2) is 0 Å². The Kier molecular flexibility index (Phi) is 2.50. The molecule has 0 aromatic heterocycles. The number of carboxylic acids is 1. The van der Waals surface area contributed by atoms with Crippen LogP contribution in [0.3, 0.4) is 0 Å². The quantitative estimate of drug-likeness (QED) is 0.575. The van der Waals surface area contributed by atoms with Gasteiger partial charge in [-0.25, -0.2) is 0 Å². The van der Waals surface area contributed by atoms with Crippen molar-refractivity contribution in [3.63, 3.8) is 0 Å². The second-order valence-corrected chi connectivity index (χ2v) is 2.67. The lowest BCUT2D eigenvalue weighted by atomic mass is 10.2. The lowest BCUT2D eigenvalue weighted by Crippen LogP contribution is -2.35. The molecule has 1 atom stereocenters. The van der Waals surface area contributed by atoms with E-state index in [0.29, 0.717) is 6.54 Å². The molecule has 1 aliphatic heterocycles. The van der Waals surface area contributed by atoms with E-state index in [1.807, 2.05) is 4.90 Å². The van der Waals surface area contributed by atoms with E-state index in [0.717, 1.165) is 19.4 Å². The molecule has 1 saturated heterocycles. The first kappa shape index (κ1) is 8.09. The van der Waals surface area contributed by atoms with Gasteiger partial charge in [-0.3, -0.25) is 9.69 Å². The van der Waals surface area contributed by atoms with Gasteiger partial charge in [-0.15, -0.1) is 6.42 Å². The predicted molar refractivity (Wildman–Crippen MR) is 41.1 cm³/mol. The first-order valence-corrected chi connectivity index (χ1v) is 3.66. The van der Waals surface area contributed by atoms with Crippen LogP contribution in [0.1, 0.15) is 12.8 Å². The first-order valence-electron chi connectivity index (χ1n) is 3.66. The smallest absolute Gasteiger partial charge is 0.320 e. The maximum Gasteiger partial charge on any atom is 0.320 e. The molecule has 1 aliphatic rings. The number of terminal acetylenes is 1. The Morgan fingerprint density at radius 1 is 1.82 bits per heavy atom. The molecule has 0 unspecified atom stereocenters. The van der Waals surface area contributed by atoms with E-state index < -0.39 is 5.97 Å². The summed E-state index contributed by atoms with van der Waals surface area (Å²) in [6.07, 6.45) is 6.76. The molecular weight excluding hydrogens is 142 g/mol. The first-order chi connectivity index (χ1) is 5.25. The molecular formula is C8H11NO2. The fourth-order valence-corrected chi connectivity index (χ4v) is 1.41. The molecule has 1 rings (SSSR count). The Bertz CT molecular complexity index is 195. The number of rotatable bonds is 2. The van der Waals surface area contributed by atoms with Gasteiger partial charge in [-0.05, 0) is 12.8 Å². The maximum absolute atomic E-state index is 10.6. The number of aliphatic carboxylic acids is 1. The van der Waals surface area contributed by atoms with E-state index in [1.54, 1.807) is 0 Å². The van der Waals surface area contributed by atoms with Crippen molar-refractivity contribution in [2.45, 2.75) is 18.9 Å². The summed E-state index contributed by atoms with van der Waals surface area (Å²) in [5.41, 5.74) is 0. The van der Waals surface area contributed by atoms with Gasteiger partial charge in [0.05, 0.1) is 6.54 Å². The normalized spacial score (nSPS) is 24.8. The van der Waals surface area contributed by atoms with Crippen molar-refractivity contribution in [1.29, 1.82) is 0 Å².